The van der Waals surface area contributed by atoms with Crippen molar-refractivity contribution in [2.45, 2.75) is 44.9 Å². The molecule has 1 aliphatic heterocycles. The monoisotopic (exact) mass is 666 g/mol. The maximum absolute atomic E-state index is 13.3. The number of carbonyl (C=O) groups excluding carboxylic acids is 3. The molecule has 5 rings (SSSR count). The number of anilines is 1. The van der Waals surface area contributed by atoms with E-state index in [9.17, 15) is 14.4 Å². The number of barbiturate groups is 1. The minimum Gasteiger partial charge on any atom is -0.490 e. The van der Waals surface area contributed by atoms with Gasteiger partial charge in [0.25, 0.3) is 11.8 Å². The van der Waals surface area contributed by atoms with E-state index in [2.05, 4.69) is 33.4 Å². The lowest BCUT2D eigenvalue weighted by molar-refractivity contribution is -0.122. The van der Waals surface area contributed by atoms with Gasteiger partial charge in [-0.15, -0.1) is 0 Å². The zero-order chi connectivity index (χ0) is 30.3. The zero-order valence-electron chi connectivity index (χ0n) is 23.7. The number of rotatable bonds is 10. The van der Waals surface area contributed by atoms with Gasteiger partial charge in [-0.2, -0.15) is 0 Å². The van der Waals surface area contributed by atoms with Crippen LogP contribution in [0.2, 0.25) is 5.02 Å². The van der Waals surface area contributed by atoms with Crippen molar-refractivity contribution in [3.05, 3.63) is 86.9 Å². The van der Waals surface area contributed by atoms with Crippen LogP contribution < -0.4 is 24.4 Å². The van der Waals surface area contributed by atoms with Crippen LogP contribution in [0.15, 0.2) is 70.7 Å². The first-order chi connectivity index (χ1) is 20.8. The predicted octanol–water partition coefficient (Wildman–Crippen LogP) is 7.67. The molecule has 1 aliphatic carbocycles. The van der Waals surface area contributed by atoms with Gasteiger partial charge in [-0.1, -0.05) is 58.9 Å². The Morgan fingerprint density at radius 2 is 1.63 bits per heavy atom. The third-order valence-corrected chi connectivity index (χ3v) is 8.19. The maximum Gasteiger partial charge on any atom is 0.335 e. The molecule has 3 aromatic carbocycles. The van der Waals surface area contributed by atoms with Crippen molar-refractivity contribution in [2.75, 3.05) is 24.7 Å². The molecule has 1 saturated carbocycles. The number of imide groups is 2. The summed E-state index contributed by atoms with van der Waals surface area (Å²) in [5.74, 6) is 0.530. The minimum absolute atomic E-state index is 0.218. The van der Waals surface area contributed by atoms with Gasteiger partial charge < -0.3 is 14.2 Å². The summed E-state index contributed by atoms with van der Waals surface area (Å²) in [5, 5.41) is 2.46. The van der Waals surface area contributed by atoms with Crippen LogP contribution >= 0.6 is 27.5 Å². The number of amides is 4. The van der Waals surface area contributed by atoms with Crippen LogP contribution in [0, 0.1) is 0 Å². The van der Waals surface area contributed by atoms with Gasteiger partial charge in [0.2, 0.25) is 0 Å². The maximum atomic E-state index is 13.3. The summed E-state index contributed by atoms with van der Waals surface area (Å²) in [6.07, 6.45) is 7.79. The van der Waals surface area contributed by atoms with Crippen molar-refractivity contribution in [3.8, 4) is 17.2 Å². The van der Waals surface area contributed by atoms with Gasteiger partial charge in [-0.05, 0) is 91.4 Å². The fraction of sp³-hybridized carbons (Fsp3) is 0.303. The lowest BCUT2D eigenvalue weighted by atomic mass is 9.84. The van der Waals surface area contributed by atoms with Crippen LogP contribution in [0.1, 0.15) is 56.1 Å². The molecule has 0 bridgehead atoms. The fourth-order valence-corrected chi connectivity index (χ4v) is 5.84. The lowest BCUT2D eigenvalue weighted by Gasteiger charge is -2.26. The lowest BCUT2D eigenvalue weighted by Crippen LogP contribution is -2.54. The second kappa shape index (κ2) is 14.1. The molecule has 0 spiro atoms. The van der Waals surface area contributed by atoms with Crippen molar-refractivity contribution in [3.63, 3.8) is 0 Å². The van der Waals surface area contributed by atoms with Crippen molar-refractivity contribution in [1.29, 1.82) is 0 Å². The summed E-state index contributed by atoms with van der Waals surface area (Å²) in [6.45, 7) is 2.67. The number of nitrogens with one attached hydrogen (secondary N) is 1. The van der Waals surface area contributed by atoms with E-state index >= 15 is 0 Å². The number of carbonyl (C=O) groups is 3. The van der Waals surface area contributed by atoms with E-state index < -0.39 is 17.8 Å². The van der Waals surface area contributed by atoms with Crippen LogP contribution in [0.3, 0.4) is 0 Å². The SMILES string of the molecule is CCOc1cc(C=C2C(=O)NC(=O)N(c3ccc(Br)cc3)C2=O)cc(Cl)c1OCCOc1ccc(C2CCCCC2)cc1. The number of hydrogen-bond acceptors (Lipinski definition) is 6. The number of urea groups is 1. The van der Waals surface area contributed by atoms with Gasteiger partial charge in [0.05, 0.1) is 17.3 Å². The van der Waals surface area contributed by atoms with Crippen LogP contribution in [0.5, 0.6) is 17.2 Å². The average Bonchev–Trinajstić information content (AvgIpc) is 3.00. The molecule has 1 heterocycles. The Labute approximate surface area is 264 Å². The Morgan fingerprint density at radius 1 is 0.930 bits per heavy atom. The molecule has 2 aliphatic rings. The highest BCUT2D eigenvalue weighted by atomic mass is 79.9. The second-order valence-electron chi connectivity index (χ2n) is 10.3. The molecule has 3 aromatic rings. The molecule has 0 atom stereocenters. The van der Waals surface area contributed by atoms with E-state index in [1.54, 1.807) is 36.4 Å². The standard InChI is InChI=1S/C33H32BrClN2O6/c1-2-41-29-20-21(18-27-31(38)36-33(40)37(32(27)39)25-12-10-24(34)11-13-25)19-28(35)30(29)43-17-16-42-26-14-8-23(9-15-26)22-6-4-3-5-7-22/h8-15,18-20,22H,2-7,16-17H2,1H3,(H,36,38,40). The van der Waals surface area contributed by atoms with E-state index in [4.69, 9.17) is 25.8 Å². The molecule has 0 radical (unpaired) electrons. The molecule has 4 amide bonds. The van der Waals surface area contributed by atoms with Gasteiger partial charge in [0.1, 0.15) is 24.5 Å². The summed E-state index contributed by atoms with van der Waals surface area (Å²) in [7, 11) is 0. The smallest absolute Gasteiger partial charge is 0.335 e. The molecule has 10 heteroatoms. The van der Waals surface area contributed by atoms with Crippen molar-refractivity contribution >= 4 is 57.1 Å². The predicted molar refractivity (Wildman–Crippen MR) is 169 cm³/mol. The highest BCUT2D eigenvalue weighted by Crippen LogP contribution is 2.38. The Morgan fingerprint density at radius 3 is 2.33 bits per heavy atom. The Kier molecular flexibility index (Phi) is 10.0. The first-order valence-corrected chi connectivity index (χ1v) is 15.5. The van der Waals surface area contributed by atoms with Crippen LogP contribution in [-0.4, -0.2) is 37.7 Å². The van der Waals surface area contributed by atoms with E-state index in [-0.39, 0.29) is 17.2 Å². The van der Waals surface area contributed by atoms with Gasteiger partial charge in [-0.3, -0.25) is 14.9 Å². The summed E-state index contributed by atoms with van der Waals surface area (Å²) < 4.78 is 18.4. The van der Waals surface area contributed by atoms with Crippen molar-refractivity contribution in [1.82, 2.24) is 5.32 Å². The first kappa shape index (κ1) is 30.6. The highest BCUT2D eigenvalue weighted by Gasteiger charge is 2.37. The van der Waals surface area contributed by atoms with E-state index in [1.165, 1.54) is 43.7 Å². The number of hydrogen-bond donors (Lipinski definition) is 1. The number of halogens is 2. The van der Waals surface area contributed by atoms with Crippen LogP contribution in [-0.2, 0) is 9.59 Å². The Bertz CT molecular complexity index is 1520. The number of nitrogens with zero attached hydrogens (tertiary/aromatic N) is 1. The molecule has 1 saturated heterocycles. The molecule has 8 nitrogen and oxygen atoms in total. The normalized spacial score (nSPS) is 16.8. The zero-order valence-corrected chi connectivity index (χ0v) is 26.1. The third-order valence-electron chi connectivity index (χ3n) is 7.38. The quantitative estimate of drug-likeness (QED) is 0.136. The molecule has 43 heavy (non-hydrogen) atoms. The topological polar surface area (TPSA) is 94.2 Å². The number of ether oxygens (including phenoxy) is 3. The highest BCUT2D eigenvalue weighted by molar-refractivity contribution is 9.10. The van der Waals surface area contributed by atoms with Crippen molar-refractivity contribution in [2.24, 2.45) is 0 Å². The van der Waals surface area contributed by atoms with E-state index in [1.807, 2.05) is 19.1 Å². The second-order valence-corrected chi connectivity index (χ2v) is 11.6. The molecular formula is C33H32BrClN2O6. The summed E-state index contributed by atoms with van der Waals surface area (Å²) in [6, 6.07) is 17.3. The average molecular weight is 668 g/mol. The van der Waals surface area contributed by atoms with Crippen molar-refractivity contribution < 1.29 is 28.6 Å². The van der Waals surface area contributed by atoms with E-state index in [0.717, 1.165) is 15.1 Å². The van der Waals surface area contributed by atoms with Gasteiger partial charge in [0, 0.05) is 4.47 Å². The summed E-state index contributed by atoms with van der Waals surface area (Å²) in [5.41, 5.74) is 1.89. The van der Waals surface area contributed by atoms with E-state index in [0.29, 0.717) is 41.9 Å². The molecule has 0 unspecified atom stereocenters. The molecular weight excluding hydrogens is 636 g/mol. The molecule has 224 valence electrons. The van der Waals surface area contributed by atoms with Gasteiger partial charge in [-0.25, -0.2) is 9.69 Å². The minimum atomic E-state index is -0.825. The molecule has 2 fully saturated rings. The summed E-state index contributed by atoms with van der Waals surface area (Å²) in [4.78, 5) is 39.3. The molecule has 1 N–H and O–H groups in total. The van der Waals surface area contributed by atoms with Gasteiger partial charge in [0.15, 0.2) is 11.5 Å². The third kappa shape index (κ3) is 7.40. The Balaban J connectivity index is 1.26. The van der Waals surface area contributed by atoms with Gasteiger partial charge >= 0.3 is 6.03 Å². The fourth-order valence-electron chi connectivity index (χ4n) is 5.30. The first-order valence-electron chi connectivity index (χ1n) is 14.3. The number of benzene rings is 3. The Hall–Kier alpha value is -3.82. The molecule has 0 aromatic heterocycles. The summed E-state index contributed by atoms with van der Waals surface area (Å²) >= 11 is 9.91. The van der Waals surface area contributed by atoms with Crippen LogP contribution in [0.4, 0.5) is 10.5 Å². The largest absolute Gasteiger partial charge is 0.490 e. The van der Waals surface area contributed by atoms with Crippen LogP contribution in [0.25, 0.3) is 6.08 Å².